The third-order valence-corrected chi connectivity index (χ3v) is 5.96. The Bertz CT molecular complexity index is 1200. The number of hydrogen-bond acceptors (Lipinski definition) is 6. The summed E-state index contributed by atoms with van der Waals surface area (Å²) in [6.45, 7) is 6.68. The predicted octanol–water partition coefficient (Wildman–Crippen LogP) is 5.47. The van der Waals surface area contributed by atoms with E-state index in [0.29, 0.717) is 30.3 Å². The Balaban J connectivity index is 1.49. The molecule has 3 aromatic rings. The molecule has 0 fully saturated rings. The van der Waals surface area contributed by atoms with Gasteiger partial charge >= 0.3 is 0 Å². The van der Waals surface area contributed by atoms with Crippen LogP contribution in [0.25, 0.3) is 22.4 Å². The lowest BCUT2D eigenvalue weighted by atomic mass is 10.0. The summed E-state index contributed by atoms with van der Waals surface area (Å²) in [7, 11) is 0. The third kappa shape index (κ3) is 4.80. The van der Waals surface area contributed by atoms with E-state index in [1.54, 1.807) is 25.4 Å². The van der Waals surface area contributed by atoms with Gasteiger partial charge in [0.1, 0.15) is 5.52 Å². The molecule has 2 aromatic heterocycles. The monoisotopic (exact) mass is 483 g/mol. The molecule has 1 aromatic carbocycles. The number of aryl methyl sites for hydroxylation is 2. The second kappa shape index (κ2) is 8.80. The maximum atomic E-state index is 14.3. The van der Waals surface area contributed by atoms with Gasteiger partial charge in [0, 0.05) is 29.6 Å². The largest absolute Gasteiger partial charge is 0.350 e. The Hall–Kier alpha value is -2.71. The Morgan fingerprint density at radius 1 is 1.16 bits per heavy atom. The summed E-state index contributed by atoms with van der Waals surface area (Å²) < 4.78 is 20.5. The van der Waals surface area contributed by atoms with Crippen molar-refractivity contribution < 1.29 is 9.13 Å². The van der Waals surface area contributed by atoms with E-state index < -0.39 is 5.85 Å². The van der Waals surface area contributed by atoms with E-state index in [2.05, 4.69) is 48.3 Å². The van der Waals surface area contributed by atoms with Crippen molar-refractivity contribution in [1.82, 2.24) is 19.9 Å². The highest BCUT2D eigenvalue weighted by atomic mass is 79.9. The van der Waals surface area contributed by atoms with E-state index >= 15 is 0 Å². The molecule has 0 bridgehead atoms. The Kier molecular flexibility index (Phi) is 6.11. The molecule has 1 N–H and O–H groups in total. The molecule has 2 heterocycles. The minimum Gasteiger partial charge on any atom is -0.350 e. The Morgan fingerprint density at radius 3 is 2.74 bits per heavy atom. The molecule has 1 aliphatic rings. The minimum atomic E-state index is -1.71. The quantitative estimate of drug-likeness (QED) is 0.501. The van der Waals surface area contributed by atoms with Crippen molar-refractivity contribution in [3.63, 3.8) is 0 Å². The molecule has 0 saturated heterocycles. The SMILES string of the molecule is CCOC1(F)C=CC(CNc2ncc3nc(-c4cc(C)c(Br)cc4C)cnc3n2)=CC1. The molecule has 0 spiro atoms. The summed E-state index contributed by atoms with van der Waals surface area (Å²) in [6.07, 6.45) is 8.58. The van der Waals surface area contributed by atoms with E-state index in [4.69, 9.17) is 9.72 Å². The van der Waals surface area contributed by atoms with Crippen molar-refractivity contribution in [1.29, 1.82) is 0 Å². The fraction of sp³-hybridized carbons (Fsp3) is 0.304. The van der Waals surface area contributed by atoms with Crippen LogP contribution in [0.15, 0.2) is 52.8 Å². The Morgan fingerprint density at radius 2 is 2.00 bits per heavy atom. The first kappa shape index (κ1) is 21.5. The second-order valence-corrected chi connectivity index (χ2v) is 8.32. The lowest BCUT2D eigenvalue weighted by Gasteiger charge is -2.23. The number of nitrogens with zero attached hydrogens (tertiary/aromatic N) is 4. The molecule has 0 saturated carbocycles. The van der Waals surface area contributed by atoms with Crippen LogP contribution in [-0.2, 0) is 4.74 Å². The first-order valence-electron chi connectivity index (χ1n) is 10.1. The Labute approximate surface area is 188 Å². The van der Waals surface area contributed by atoms with Gasteiger partial charge in [0.25, 0.3) is 0 Å². The fourth-order valence-electron chi connectivity index (χ4n) is 3.39. The number of alkyl halides is 1. The van der Waals surface area contributed by atoms with Gasteiger partial charge in [0.2, 0.25) is 11.8 Å². The van der Waals surface area contributed by atoms with Crippen LogP contribution in [0.5, 0.6) is 0 Å². The normalized spacial score (nSPS) is 18.3. The van der Waals surface area contributed by atoms with E-state index in [-0.39, 0.29) is 6.42 Å². The van der Waals surface area contributed by atoms with E-state index in [1.807, 2.05) is 19.9 Å². The molecule has 6 nitrogen and oxygen atoms in total. The number of fused-ring (bicyclic) bond motifs is 1. The van der Waals surface area contributed by atoms with Crippen molar-refractivity contribution in [2.24, 2.45) is 0 Å². The average molecular weight is 484 g/mol. The first-order chi connectivity index (χ1) is 14.9. The van der Waals surface area contributed by atoms with Crippen LogP contribution >= 0.6 is 15.9 Å². The molecular weight excluding hydrogens is 461 g/mol. The van der Waals surface area contributed by atoms with Crippen LogP contribution in [0.2, 0.25) is 0 Å². The number of anilines is 1. The summed E-state index contributed by atoms with van der Waals surface area (Å²) in [4.78, 5) is 18.0. The van der Waals surface area contributed by atoms with Gasteiger partial charge in [-0.25, -0.2) is 19.3 Å². The van der Waals surface area contributed by atoms with Crippen molar-refractivity contribution in [2.45, 2.75) is 33.0 Å². The van der Waals surface area contributed by atoms with Crippen molar-refractivity contribution in [3.05, 3.63) is 63.9 Å². The molecule has 1 atom stereocenters. The zero-order chi connectivity index (χ0) is 22.0. The van der Waals surface area contributed by atoms with Gasteiger partial charge in [-0.2, -0.15) is 4.98 Å². The zero-order valence-corrected chi connectivity index (χ0v) is 19.2. The lowest BCUT2D eigenvalue weighted by molar-refractivity contribution is -0.0996. The van der Waals surface area contributed by atoms with Crippen LogP contribution < -0.4 is 5.32 Å². The zero-order valence-electron chi connectivity index (χ0n) is 17.6. The number of aromatic nitrogens is 4. The first-order valence-corrected chi connectivity index (χ1v) is 10.9. The number of rotatable bonds is 6. The minimum absolute atomic E-state index is 0.191. The van der Waals surface area contributed by atoms with E-state index in [1.165, 1.54) is 6.08 Å². The van der Waals surface area contributed by atoms with Gasteiger partial charge in [-0.3, -0.25) is 0 Å². The second-order valence-electron chi connectivity index (χ2n) is 7.46. The summed E-state index contributed by atoms with van der Waals surface area (Å²) in [5, 5.41) is 3.16. The topological polar surface area (TPSA) is 72.8 Å². The molecule has 160 valence electrons. The number of halogens is 2. The molecule has 1 aliphatic carbocycles. The van der Waals surface area contributed by atoms with Crippen molar-refractivity contribution in [3.8, 4) is 11.3 Å². The fourth-order valence-corrected chi connectivity index (χ4v) is 3.85. The van der Waals surface area contributed by atoms with Crippen LogP contribution in [0, 0.1) is 13.8 Å². The van der Waals surface area contributed by atoms with E-state index in [9.17, 15) is 4.39 Å². The highest BCUT2D eigenvalue weighted by molar-refractivity contribution is 9.10. The van der Waals surface area contributed by atoms with Crippen LogP contribution in [0.4, 0.5) is 10.3 Å². The van der Waals surface area contributed by atoms with Gasteiger partial charge in [-0.1, -0.05) is 28.1 Å². The van der Waals surface area contributed by atoms with Crippen LogP contribution in [-0.4, -0.2) is 38.9 Å². The van der Waals surface area contributed by atoms with Crippen LogP contribution in [0.3, 0.4) is 0 Å². The van der Waals surface area contributed by atoms with E-state index in [0.717, 1.165) is 32.4 Å². The third-order valence-electron chi connectivity index (χ3n) is 5.11. The van der Waals surface area contributed by atoms with Crippen LogP contribution in [0.1, 0.15) is 24.5 Å². The molecule has 31 heavy (non-hydrogen) atoms. The van der Waals surface area contributed by atoms with Crippen molar-refractivity contribution >= 4 is 33.0 Å². The maximum Gasteiger partial charge on any atom is 0.232 e. The number of hydrogen-bond donors (Lipinski definition) is 1. The summed E-state index contributed by atoms with van der Waals surface area (Å²) in [5.41, 5.74) is 6.14. The highest BCUT2D eigenvalue weighted by Gasteiger charge is 2.27. The van der Waals surface area contributed by atoms with Gasteiger partial charge < -0.3 is 10.1 Å². The summed E-state index contributed by atoms with van der Waals surface area (Å²) >= 11 is 3.56. The van der Waals surface area contributed by atoms with Gasteiger partial charge in [0.05, 0.1) is 18.1 Å². The lowest BCUT2D eigenvalue weighted by Crippen LogP contribution is -2.26. The molecule has 0 aliphatic heterocycles. The number of ether oxygens (including phenoxy) is 1. The van der Waals surface area contributed by atoms with Gasteiger partial charge in [-0.15, -0.1) is 0 Å². The highest BCUT2D eigenvalue weighted by Crippen LogP contribution is 2.29. The van der Waals surface area contributed by atoms with Crippen molar-refractivity contribution in [2.75, 3.05) is 18.5 Å². The molecular formula is C23H23BrFN5O. The summed E-state index contributed by atoms with van der Waals surface area (Å²) in [5.74, 6) is -1.27. The van der Waals surface area contributed by atoms with Gasteiger partial charge in [0.15, 0.2) is 5.65 Å². The molecule has 0 radical (unpaired) electrons. The number of benzene rings is 1. The molecule has 0 amide bonds. The summed E-state index contributed by atoms with van der Waals surface area (Å²) in [6, 6.07) is 4.17. The smallest absolute Gasteiger partial charge is 0.232 e. The number of nitrogens with one attached hydrogen (secondary N) is 1. The molecule has 4 rings (SSSR count). The molecule has 8 heteroatoms. The maximum absolute atomic E-state index is 14.3. The molecule has 1 unspecified atom stereocenters. The average Bonchev–Trinajstić information content (AvgIpc) is 2.75. The standard InChI is InChI=1S/C23H23BrFN5O/c1-4-31-23(25)7-5-16(6-8-23)11-27-22-28-13-20-21(30-22)26-12-19(29-20)17-9-15(3)18(24)10-14(17)2/h5-7,9-10,12-13H,4,8,11H2,1-3H3,(H,26,27,28,30). The van der Waals surface area contributed by atoms with Gasteiger partial charge in [-0.05, 0) is 55.7 Å². The predicted molar refractivity (Wildman–Crippen MR) is 124 cm³/mol.